The van der Waals surface area contributed by atoms with E-state index in [2.05, 4.69) is 20.6 Å². The molecule has 2 rings (SSSR count). The second-order valence-electron chi connectivity index (χ2n) is 3.22. The lowest BCUT2D eigenvalue weighted by Gasteiger charge is -2.04. The average molecular weight is 216 g/mol. The number of aromatic nitrogens is 2. The maximum absolute atomic E-state index is 11.6. The molecule has 0 unspecified atom stereocenters. The van der Waals surface area contributed by atoms with Crippen molar-refractivity contribution in [3.05, 3.63) is 42.4 Å². The molecule has 2 aromatic heterocycles. The number of rotatable bonds is 3. The summed E-state index contributed by atoms with van der Waals surface area (Å²) in [6.45, 7) is 0. The quantitative estimate of drug-likeness (QED) is 0.731. The summed E-state index contributed by atoms with van der Waals surface area (Å²) in [4.78, 5) is 18.6. The van der Waals surface area contributed by atoms with Crippen LogP contribution in [0.3, 0.4) is 0 Å². The standard InChI is InChI=1S/C11H12N4O/c1-12-10-5-4-8(7-14-10)15-11(16)9-3-2-6-13-9/h2-7,13H,1H3,(H,12,14)(H,15,16). The van der Waals surface area contributed by atoms with Crippen LogP contribution in [0, 0.1) is 0 Å². The van der Waals surface area contributed by atoms with Gasteiger partial charge in [0.1, 0.15) is 11.5 Å². The fourth-order valence-corrected chi connectivity index (χ4v) is 1.29. The summed E-state index contributed by atoms with van der Waals surface area (Å²) in [7, 11) is 1.79. The second-order valence-corrected chi connectivity index (χ2v) is 3.22. The zero-order valence-corrected chi connectivity index (χ0v) is 8.82. The molecule has 5 nitrogen and oxygen atoms in total. The molecule has 0 saturated carbocycles. The molecule has 3 N–H and O–H groups in total. The highest BCUT2D eigenvalue weighted by atomic mass is 16.1. The number of hydrogen-bond acceptors (Lipinski definition) is 3. The Morgan fingerprint density at radius 1 is 1.38 bits per heavy atom. The lowest BCUT2D eigenvalue weighted by Crippen LogP contribution is -2.12. The summed E-state index contributed by atoms with van der Waals surface area (Å²) in [5.41, 5.74) is 1.19. The van der Waals surface area contributed by atoms with Gasteiger partial charge in [0.15, 0.2) is 0 Å². The van der Waals surface area contributed by atoms with Crippen molar-refractivity contribution in [2.24, 2.45) is 0 Å². The first-order valence-corrected chi connectivity index (χ1v) is 4.88. The van der Waals surface area contributed by atoms with Crippen molar-refractivity contribution in [1.82, 2.24) is 9.97 Å². The van der Waals surface area contributed by atoms with E-state index in [-0.39, 0.29) is 5.91 Å². The second kappa shape index (κ2) is 4.48. The molecule has 1 amide bonds. The smallest absolute Gasteiger partial charge is 0.272 e. The Morgan fingerprint density at radius 2 is 2.25 bits per heavy atom. The normalized spacial score (nSPS) is 9.81. The summed E-state index contributed by atoms with van der Waals surface area (Å²) in [6.07, 6.45) is 3.31. The zero-order valence-electron chi connectivity index (χ0n) is 8.82. The highest BCUT2D eigenvalue weighted by Crippen LogP contribution is 2.10. The number of amides is 1. The number of hydrogen-bond donors (Lipinski definition) is 3. The molecule has 0 aliphatic heterocycles. The Morgan fingerprint density at radius 3 is 2.81 bits per heavy atom. The molecule has 0 atom stereocenters. The Hall–Kier alpha value is -2.30. The van der Waals surface area contributed by atoms with Gasteiger partial charge in [0, 0.05) is 13.2 Å². The summed E-state index contributed by atoms with van der Waals surface area (Å²) < 4.78 is 0. The van der Waals surface area contributed by atoms with Crippen LogP contribution in [0.2, 0.25) is 0 Å². The maximum atomic E-state index is 11.6. The number of carbonyl (C=O) groups is 1. The minimum absolute atomic E-state index is 0.177. The van der Waals surface area contributed by atoms with Crippen molar-refractivity contribution >= 4 is 17.4 Å². The molecular formula is C11H12N4O. The largest absolute Gasteiger partial charge is 0.373 e. The van der Waals surface area contributed by atoms with Gasteiger partial charge >= 0.3 is 0 Å². The highest BCUT2D eigenvalue weighted by Gasteiger charge is 2.05. The van der Waals surface area contributed by atoms with Gasteiger partial charge in [-0.1, -0.05) is 0 Å². The van der Waals surface area contributed by atoms with Gasteiger partial charge in [-0.3, -0.25) is 4.79 Å². The van der Waals surface area contributed by atoms with Gasteiger partial charge in [0.25, 0.3) is 5.91 Å². The molecule has 0 aromatic carbocycles. The molecule has 5 heteroatoms. The van der Waals surface area contributed by atoms with E-state index in [1.165, 1.54) is 0 Å². The molecular weight excluding hydrogens is 204 g/mol. The van der Waals surface area contributed by atoms with Gasteiger partial charge in [-0.05, 0) is 24.3 Å². The van der Waals surface area contributed by atoms with Crippen LogP contribution in [-0.2, 0) is 0 Å². The van der Waals surface area contributed by atoms with Crippen molar-refractivity contribution in [2.45, 2.75) is 0 Å². The molecule has 0 spiro atoms. The number of nitrogens with one attached hydrogen (secondary N) is 3. The number of pyridine rings is 1. The number of anilines is 2. The van der Waals surface area contributed by atoms with Crippen LogP contribution in [0.4, 0.5) is 11.5 Å². The van der Waals surface area contributed by atoms with Gasteiger partial charge in [-0.2, -0.15) is 0 Å². The molecule has 0 aliphatic carbocycles. The van der Waals surface area contributed by atoms with E-state index in [4.69, 9.17) is 0 Å². The van der Waals surface area contributed by atoms with E-state index in [9.17, 15) is 4.79 Å². The van der Waals surface area contributed by atoms with Gasteiger partial charge in [-0.25, -0.2) is 4.98 Å². The van der Waals surface area contributed by atoms with Gasteiger partial charge in [0.05, 0.1) is 11.9 Å². The van der Waals surface area contributed by atoms with E-state index in [0.717, 1.165) is 5.82 Å². The molecule has 0 fully saturated rings. The number of nitrogens with zero attached hydrogens (tertiary/aromatic N) is 1. The van der Waals surface area contributed by atoms with Crippen molar-refractivity contribution < 1.29 is 4.79 Å². The Labute approximate surface area is 92.9 Å². The third kappa shape index (κ3) is 2.20. The molecule has 0 saturated heterocycles. The average Bonchev–Trinajstić information content (AvgIpc) is 2.83. The Balaban J connectivity index is 2.06. The van der Waals surface area contributed by atoms with E-state index >= 15 is 0 Å². The third-order valence-corrected chi connectivity index (χ3v) is 2.12. The summed E-state index contributed by atoms with van der Waals surface area (Å²) in [6, 6.07) is 7.08. The summed E-state index contributed by atoms with van der Waals surface area (Å²) in [5.74, 6) is 0.585. The highest BCUT2D eigenvalue weighted by molar-refractivity contribution is 6.02. The monoisotopic (exact) mass is 216 g/mol. The van der Waals surface area contributed by atoms with Crippen molar-refractivity contribution in [3.63, 3.8) is 0 Å². The number of H-pyrrole nitrogens is 1. The first-order chi connectivity index (χ1) is 7.79. The summed E-state index contributed by atoms with van der Waals surface area (Å²) in [5, 5.41) is 5.64. The van der Waals surface area contributed by atoms with E-state index in [1.54, 1.807) is 43.7 Å². The SMILES string of the molecule is CNc1ccc(NC(=O)c2ccc[nH]2)cn1. The van der Waals surface area contributed by atoms with Crippen LogP contribution in [0.15, 0.2) is 36.7 Å². The topological polar surface area (TPSA) is 69.8 Å². The Kier molecular flexibility index (Phi) is 2.86. The minimum Gasteiger partial charge on any atom is -0.373 e. The van der Waals surface area contributed by atoms with Crippen molar-refractivity contribution in [1.29, 1.82) is 0 Å². The fraction of sp³-hybridized carbons (Fsp3) is 0.0909. The van der Waals surface area contributed by atoms with Gasteiger partial charge in [-0.15, -0.1) is 0 Å². The molecule has 0 bridgehead atoms. The van der Waals surface area contributed by atoms with Gasteiger partial charge < -0.3 is 15.6 Å². The molecule has 2 heterocycles. The molecule has 0 radical (unpaired) electrons. The lowest BCUT2D eigenvalue weighted by atomic mass is 10.3. The first kappa shape index (κ1) is 10.2. The van der Waals surface area contributed by atoms with Crippen molar-refractivity contribution in [3.8, 4) is 0 Å². The molecule has 2 aromatic rings. The van der Waals surface area contributed by atoms with E-state index in [1.807, 2.05) is 0 Å². The van der Waals surface area contributed by atoms with Crippen LogP contribution in [-0.4, -0.2) is 22.9 Å². The van der Waals surface area contributed by atoms with Crippen LogP contribution in [0.1, 0.15) is 10.5 Å². The van der Waals surface area contributed by atoms with Crippen LogP contribution in [0.5, 0.6) is 0 Å². The van der Waals surface area contributed by atoms with E-state index < -0.39 is 0 Å². The van der Waals surface area contributed by atoms with Crippen LogP contribution < -0.4 is 10.6 Å². The summed E-state index contributed by atoms with van der Waals surface area (Å²) >= 11 is 0. The van der Waals surface area contributed by atoms with Crippen molar-refractivity contribution in [2.75, 3.05) is 17.7 Å². The molecule has 82 valence electrons. The zero-order chi connectivity index (χ0) is 11.4. The minimum atomic E-state index is -0.177. The molecule has 16 heavy (non-hydrogen) atoms. The molecule has 0 aliphatic rings. The van der Waals surface area contributed by atoms with Crippen LogP contribution >= 0.6 is 0 Å². The number of carbonyl (C=O) groups excluding carboxylic acids is 1. The van der Waals surface area contributed by atoms with Gasteiger partial charge in [0.2, 0.25) is 0 Å². The lowest BCUT2D eigenvalue weighted by molar-refractivity contribution is 0.102. The number of aromatic amines is 1. The fourth-order valence-electron chi connectivity index (χ4n) is 1.29. The van der Waals surface area contributed by atoms with Crippen LogP contribution in [0.25, 0.3) is 0 Å². The van der Waals surface area contributed by atoms with E-state index in [0.29, 0.717) is 11.4 Å². The third-order valence-electron chi connectivity index (χ3n) is 2.12. The maximum Gasteiger partial charge on any atom is 0.272 e. The predicted octanol–water partition coefficient (Wildman–Crippen LogP) is 1.70. The predicted molar refractivity (Wildman–Crippen MR) is 62.5 cm³/mol. The first-order valence-electron chi connectivity index (χ1n) is 4.88. The Bertz CT molecular complexity index is 461.